The van der Waals surface area contributed by atoms with Crippen LogP contribution in [0.2, 0.25) is 0 Å². The van der Waals surface area contributed by atoms with Gasteiger partial charge in [-0.05, 0) is 28.0 Å². The van der Waals surface area contributed by atoms with E-state index in [1.54, 1.807) is 30.3 Å². The van der Waals surface area contributed by atoms with E-state index in [1.165, 1.54) is 0 Å². The minimum absolute atomic E-state index is 0.0857. The van der Waals surface area contributed by atoms with E-state index in [4.69, 9.17) is 0 Å². The third-order valence-corrected chi connectivity index (χ3v) is 5.39. The van der Waals surface area contributed by atoms with E-state index in [9.17, 15) is 19.2 Å². The third-order valence-electron chi connectivity index (χ3n) is 5.39. The first-order valence-corrected chi connectivity index (χ1v) is 10.2. The summed E-state index contributed by atoms with van der Waals surface area (Å²) >= 11 is 0. The molecule has 0 atom stereocenters. The molecule has 4 heteroatoms. The molecule has 4 rings (SSSR count). The standard InChI is InChI=1S/C27H20O4/c28-24(22-14-5-10-18-8-1-3-12-20(18)22)16-7-17-25(29)27(31)26(30)23-15-6-11-19-9-2-4-13-21(19)23/h1-6,8-15H,7,16-17H2. The Bertz CT molecular complexity index is 1320. The highest BCUT2D eigenvalue weighted by Crippen LogP contribution is 2.21. The number of hydrogen-bond acceptors (Lipinski definition) is 4. The second-order valence-electron chi connectivity index (χ2n) is 7.41. The largest absolute Gasteiger partial charge is 0.294 e. The lowest BCUT2D eigenvalue weighted by Crippen LogP contribution is -2.24. The Labute approximate surface area is 179 Å². The van der Waals surface area contributed by atoms with Crippen LogP contribution in [-0.2, 0) is 9.59 Å². The second kappa shape index (κ2) is 8.84. The molecule has 0 radical (unpaired) electrons. The monoisotopic (exact) mass is 408 g/mol. The van der Waals surface area contributed by atoms with Crippen molar-refractivity contribution in [2.75, 3.05) is 0 Å². The van der Waals surface area contributed by atoms with E-state index in [0.717, 1.165) is 16.2 Å². The van der Waals surface area contributed by atoms with Crippen LogP contribution in [0.5, 0.6) is 0 Å². The van der Waals surface area contributed by atoms with Crippen LogP contribution in [0.4, 0.5) is 0 Å². The van der Waals surface area contributed by atoms with E-state index < -0.39 is 17.3 Å². The van der Waals surface area contributed by atoms with Gasteiger partial charge in [-0.1, -0.05) is 84.9 Å². The van der Waals surface area contributed by atoms with Gasteiger partial charge in [0.1, 0.15) is 0 Å². The molecule has 0 fully saturated rings. The van der Waals surface area contributed by atoms with Crippen molar-refractivity contribution in [3.05, 3.63) is 96.1 Å². The Balaban J connectivity index is 1.41. The number of carbonyl (C=O) groups is 4. The molecule has 0 heterocycles. The summed E-state index contributed by atoms with van der Waals surface area (Å²) in [6, 6.07) is 25.5. The summed E-state index contributed by atoms with van der Waals surface area (Å²) in [7, 11) is 0. The van der Waals surface area contributed by atoms with Gasteiger partial charge < -0.3 is 0 Å². The van der Waals surface area contributed by atoms with Crippen LogP contribution in [0, 0.1) is 0 Å². The minimum atomic E-state index is -1.03. The van der Waals surface area contributed by atoms with Gasteiger partial charge in [-0.15, -0.1) is 0 Å². The highest BCUT2D eigenvalue weighted by atomic mass is 16.2. The fourth-order valence-electron chi connectivity index (χ4n) is 3.80. The smallest absolute Gasteiger partial charge is 0.269 e. The molecule has 0 bridgehead atoms. The Kier molecular flexibility index (Phi) is 5.80. The fourth-order valence-corrected chi connectivity index (χ4v) is 3.80. The van der Waals surface area contributed by atoms with Crippen molar-refractivity contribution in [1.29, 1.82) is 0 Å². The van der Waals surface area contributed by atoms with Crippen LogP contribution < -0.4 is 0 Å². The molecule has 4 nitrogen and oxygen atoms in total. The number of carbonyl (C=O) groups excluding carboxylic acids is 4. The van der Waals surface area contributed by atoms with Crippen molar-refractivity contribution < 1.29 is 19.2 Å². The van der Waals surface area contributed by atoms with Gasteiger partial charge in [0.05, 0.1) is 0 Å². The van der Waals surface area contributed by atoms with Crippen LogP contribution in [0.25, 0.3) is 21.5 Å². The molecule has 4 aromatic carbocycles. The lowest BCUT2D eigenvalue weighted by molar-refractivity contribution is -0.133. The number of Topliss-reactive ketones (excluding diaryl/α,β-unsaturated/α-hetero) is 4. The molecule has 152 valence electrons. The molecule has 4 aromatic rings. The Hall–Kier alpha value is -3.92. The van der Waals surface area contributed by atoms with Crippen LogP contribution >= 0.6 is 0 Å². The van der Waals surface area contributed by atoms with Crippen molar-refractivity contribution in [2.45, 2.75) is 19.3 Å². The van der Waals surface area contributed by atoms with E-state index in [-0.39, 0.29) is 30.6 Å². The van der Waals surface area contributed by atoms with E-state index in [2.05, 4.69) is 0 Å². The van der Waals surface area contributed by atoms with Gasteiger partial charge in [-0.2, -0.15) is 0 Å². The van der Waals surface area contributed by atoms with E-state index >= 15 is 0 Å². The maximum absolute atomic E-state index is 12.6. The van der Waals surface area contributed by atoms with Gasteiger partial charge in [-0.25, -0.2) is 0 Å². The van der Waals surface area contributed by atoms with E-state index in [0.29, 0.717) is 10.9 Å². The third kappa shape index (κ3) is 4.19. The first-order chi connectivity index (χ1) is 15.1. The average Bonchev–Trinajstić information content (AvgIpc) is 2.82. The summed E-state index contributed by atoms with van der Waals surface area (Å²) < 4.78 is 0. The summed E-state index contributed by atoms with van der Waals surface area (Å²) in [6.07, 6.45) is 0.219. The maximum atomic E-state index is 12.6. The average molecular weight is 408 g/mol. The van der Waals surface area contributed by atoms with Gasteiger partial charge in [0.15, 0.2) is 5.78 Å². The first-order valence-electron chi connectivity index (χ1n) is 10.2. The summed E-state index contributed by atoms with van der Waals surface area (Å²) in [4.78, 5) is 50.0. The number of benzene rings is 4. The van der Waals surface area contributed by atoms with Gasteiger partial charge in [0.25, 0.3) is 5.78 Å². The Morgan fingerprint density at radius 3 is 1.71 bits per heavy atom. The predicted molar refractivity (Wildman–Crippen MR) is 120 cm³/mol. The maximum Gasteiger partial charge on any atom is 0.269 e. The SMILES string of the molecule is O=C(CCCC(=O)c1cccc2ccccc12)C(=O)C(=O)c1cccc2ccccc12. The molecule has 0 aliphatic rings. The quantitative estimate of drug-likeness (QED) is 0.223. The van der Waals surface area contributed by atoms with Gasteiger partial charge in [0.2, 0.25) is 11.6 Å². The first kappa shape index (κ1) is 20.4. The summed E-state index contributed by atoms with van der Waals surface area (Å²) in [5.41, 5.74) is 0.826. The van der Waals surface area contributed by atoms with Gasteiger partial charge in [-0.3, -0.25) is 19.2 Å². The topological polar surface area (TPSA) is 68.3 Å². The second-order valence-corrected chi connectivity index (χ2v) is 7.41. The number of rotatable bonds is 8. The van der Waals surface area contributed by atoms with Crippen LogP contribution in [-0.4, -0.2) is 23.1 Å². The predicted octanol–water partition coefficient (Wildman–Crippen LogP) is 5.37. The Morgan fingerprint density at radius 2 is 1.06 bits per heavy atom. The van der Waals surface area contributed by atoms with E-state index in [1.807, 2.05) is 54.6 Å². The van der Waals surface area contributed by atoms with Crippen LogP contribution in [0.15, 0.2) is 84.9 Å². The molecule has 0 saturated heterocycles. The molecule has 0 saturated carbocycles. The van der Waals surface area contributed by atoms with Gasteiger partial charge >= 0.3 is 0 Å². The summed E-state index contributed by atoms with van der Waals surface area (Å²) in [5.74, 6) is -2.68. The molecule has 0 N–H and O–H groups in total. The number of ketones is 4. The minimum Gasteiger partial charge on any atom is -0.294 e. The molecule has 0 amide bonds. The zero-order valence-electron chi connectivity index (χ0n) is 16.8. The number of fused-ring (bicyclic) bond motifs is 2. The summed E-state index contributed by atoms with van der Waals surface area (Å²) in [6.45, 7) is 0. The van der Waals surface area contributed by atoms with Crippen LogP contribution in [0.3, 0.4) is 0 Å². The van der Waals surface area contributed by atoms with Crippen molar-refractivity contribution in [3.8, 4) is 0 Å². The van der Waals surface area contributed by atoms with Crippen LogP contribution in [0.1, 0.15) is 40.0 Å². The lowest BCUT2D eigenvalue weighted by atomic mass is 9.95. The number of hydrogen-bond donors (Lipinski definition) is 0. The fraction of sp³-hybridized carbons (Fsp3) is 0.111. The highest BCUT2D eigenvalue weighted by molar-refractivity contribution is 6.67. The van der Waals surface area contributed by atoms with Crippen molar-refractivity contribution in [1.82, 2.24) is 0 Å². The van der Waals surface area contributed by atoms with Crippen molar-refractivity contribution in [2.24, 2.45) is 0 Å². The zero-order valence-corrected chi connectivity index (χ0v) is 16.8. The molecule has 0 unspecified atom stereocenters. The summed E-state index contributed by atoms with van der Waals surface area (Å²) in [5, 5.41) is 3.31. The lowest BCUT2D eigenvalue weighted by Gasteiger charge is -2.06. The molecule has 0 spiro atoms. The van der Waals surface area contributed by atoms with Gasteiger partial charge in [0, 0.05) is 24.0 Å². The Morgan fingerprint density at radius 1 is 0.548 bits per heavy atom. The molecular weight excluding hydrogens is 388 g/mol. The zero-order chi connectivity index (χ0) is 21.8. The molecular formula is C27H20O4. The highest BCUT2D eigenvalue weighted by Gasteiger charge is 2.25. The van der Waals surface area contributed by atoms with Crippen molar-refractivity contribution >= 4 is 44.7 Å². The van der Waals surface area contributed by atoms with Crippen molar-refractivity contribution in [3.63, 3.8) is 0 Å². The molecule has 0 aliphatic heterocycles. The normalized spacial score (nSPS) is 10.8. The molecule has 0 aromatic heterocycles. The molecule has 31 heavy (non-hydrogen) atoms. The molecule has 0 aliphatic carbocycles.